The molecule has 0 aliphatic carbocycles. The molecule has 0 bridgehead atoms. The molecular weight excluding hydrogens is 198 g/mol. The SMILES string of the molecule is CC.CC.CCSc1cc(C)sn1. The standard InChI is InChI=1S/C6H9NS2.2C2H6/c1-3-8-6-4-5(2)9-7-6;2*1-2/h4H,3H2,1-2H3;2*1-2H3. The molecule has 0 amide bonds. The molecule has 1 heterocycles. The summed E-state index contributed by atoms with van der Waals surface area (Å²) in [7, 11) is 0. The Balaban J connectivity index is 0. The van der Waals surface area contributed by atoms with Crippen LogP contribution in [0.15, 0.2) is 11.1 Å². The summed E-state index contributed by atoms with van der Waals surface area (Å²) in [5.41, 5.74) is 0. The maximum Gasteiger partial charge on any atom is 0.110 e. The molecule has 0 atom stereocenters. The minimum atomic E-state index is 1.11. The highest BCUT2D eigenvalue weighted by Gasteiger charge is 1.94. The summed E-state index contributed by atoms with van der Waals surface area (Å²) in [5, 5.41) is 1.17. The van der Waals surface area contributed by atoms with E-state index in [1.807, 2.05) is 27.7 Å². The van der Waals surface area contributed by atoms with Crippen LogP contribution >= 0.6 is 23.3 Å². The summed E-state index contributed by atoms with van der Waals surface area (Å²) in [4.78, 5) is 1.30. The molecule has 0 saturated heterocycles. The Hall–Kier alpha value is -0.0200. The third-order valence-electron chi connectivity index (χ3n) is 0.899. The van der Waals surface area contributed by atoms with Gasteiger partial charge in [-0.3, -0.25) is 0 Å². The highest BCUT2D eigenvalue weighted by Crippen LogP contribution is 2.19. The van der Waals surface area contributed by atoms with E-state index in [9.17, 15) is 0 Å². The van der Waals surface area contributed by atoms with E-state index in [-0.39, 0.29) is 0 Å². The van der Waals surface area contributed by atoms with E-state index >= 15 is 0 Å². The Morgan fingerprint density at radius 3 is 2.15 bits per heavy atom. The predicted molar refractivity (Wildman–Crippen MR) is 65.9 cm³/mol. The molecular formula is C10H21NS2. The molecule has 0 aliphatic rings. The van der Waals surface area contributed by atoms with Gasteiger partial charge in [0.15, 0.2) is 0 Å². The van der Waals surface area contributed by atoms with E-state index < -0.39 is 0 Å². The molecule has 1 rings (SSSR count). The van der Waals surface area contributed by atoms with Gasteiger partial charge in [0.25, 0.3) is 0 Å². The van der Waals surface area contributed by atoms with E-state index in [0.29, 0.717) is 0 Å². The number of aromatic nitrogens is 1. The van der Waals surface area contributed by atoms with Crippen LogP contribution < -0.4 is 0 Å². The van der Waals surface area contributed by atoms with Gasteiger partial charge in [-0.1, -0.05) is 34.6 Å². The van der Waals surface area contributed by atoms with Crippen LogP contribution in [-0.2, 0) is 0 Å². The Morgan fingerprint density at radius 1 is 1.31 bits per heavy atom. The number of thioether (sulfide) groups is 1. The summed E-state index contributed by atoms with van der Waals surface area (Å²) in [6.45, 7) is 12.2. The van der Waals surface area contributed by atoms with Crippen LogP contribution in [0.25, 0.3) is 0 Å². The van der Waals surface area contributed by atoms with Crippen LogP contribution in [0.4, 0.5) is 0 Å². The molecule has 1 aromatic rings. The maximum atomic E-state index is 4.21. The Kier molecular flexibility index (Phi) is 14.2. The van der Waals surface area contributed by atoms with E-state index in [1.165, 1.54) is 9.90 Å². The average molecular weight is 219 g/mol. The van der Waals surface area contributed by atoms with E-state index in [0.717, 1.165) is 5.75 Å². The van der Waals surface area contributed by atoms with Gasteiger partial charge in [0, 0.05) is 4.88 Å². The molecule has 3 heteroatoms. The van der Waals surface area contributed by atoms with Crippen LogP contribution in [0.3, 0.4) is 0 Å². The summed E-state index contributed by atoms with van der Waals surface area (Å²) < 4.78 is 4.21. The Bertz CT molecular complexity index is 185. The zero-order valence-corrected chi connectivity index (χ0v) is 11.2. The van der Waals surface area contributed by atoms with Crippen LogP contribution in [0.5, 0.6) is 0 Å². The topological polar surface area (TPSA) is 12.9 Å². The molecule has 0 aromatic carbocycles. The van der Waals surface area contributed by atoms with Crippen molar-refractivity contribution in [1.82, 2.24) is 4.37 Å². The normalized spacial score (nSPS) is 7.85. The second-order valence-electron chi connectivity index (χ2n) is 1.71. The average Bonchev–Trinajstić information content (AvgIpc) is 2.59. The number of nitrogens with zero attached hydrogens (tertiary/aromatic N) is 1. The number of hydrogen-bond acceptors (Lipinski definition) is 3. The molecule has 0 unspecified atom stereocenters. The zero-order valence-electron chi connectivity index (χ0n) is 9.55. The number of hydrogen-bond donors (Lipinski definition) is 0. The van der Waals surface area contributed by atoms with Crippen molar-refractivity contribution in [2.24, 2.45) is 0 Å². The number of rotatable bonds is 2. The van der Waals surface area contributed by atoms with Crippen LogP contribution in [0.1, 0.15) is 39.5 Å². The molecule has 1 nitrogen and oxygen atoms in total. The van der Waals surface area contributed by atoms with Crippen LogP contribution in [0, 0.1) is 6.92 Å². The van der Waals surface area contributed by atoms with Crippen molar-refractivity contribution in [3.05, 3.63) is 10.9 Å². The first kappa shape index (κ1) is 15.5. The van der Waals surface area contributed by atoms with E-state index in [1.54, 1.807) is 23.3 Å². The van der Waals surface area contributed by atoms with Crippen LogP contribution in [-0.4, -0.2) is 10.1 Å². The van der Waals surface area contributed by atoms with E-state index in [4.69, 9.17) is 0 Å². The highest BCUT2D eigenvalue weighted by atomic mass is 32.2. The Morgan fingerprint density at radius 2 is 1.85 bits per heavy atom. The fourth-order valence-corrected chi connectivity index (χ4v) is 1.96. The zero-order chi connectivity index (χ0) is 10.7. The third kappa shape index (κ3) is 8.31. The molecule has 0 fully saturated rings. The molecule has 0 N–H and O–H groups in total. The lowest BCUT2D eigenvalue weighted by Gasteiger charge is -1.84. The molecule has 78 valence electrons. The van der Waals surface area contributed by atoms with Gasteiger partial charge < -0.3 is 0 Å². The predicted octanol–water partition coefficient (Wildman–Crippen LogP) is 4.62. The summed E-state index contributed by atoms with van der Waals surface area (Å²) in [6, 6.07) is 2.12. The first-order valence-electron chi connectivity index (χ1n) is 4.89. The minimum absolute atomic E-state index is 1.11. The van der Waals surface area contributed by atoms with Crippen molar-refractivity contribution < 1.29 is 0 Å². The lowest BCUT2D eigenvalue weighted by molar-refractivity contribution is 1.27. The summed E-state index contributed by atoms with van der Waals surface area (Å²) in [5.74, 6) is 1.11. The van der Waals surface area contributed by atoms with Gasteiger partial charge in [-0.05, 0) is 30.3 Å². The molecule has 0 aliphatic heterocycles. The highest BCUT2D eigenvalue weighted by molar-refractivity contribution is 7.99. The summed E-state index contributed by atoms with van der Waals surface area (Å²) >= 11 is 3.37. The van der Waals surface area contributed by atoms with Crippen molar-refractivity contribution in [2.45, 2.75) is 46.6 Å². The summed E-state index contributed by atoms with van der Waals surface area (Å²) in [6.07, 6.45) is 0. The fraction of sp³-hybridized carbons (Fsp3) is 0.700. The Labute approximate surface area is 91.1 Å². The van der Waals surface area contributed by atoms with Gasteiger partial charge in [0.1, 0.15) is 5.03 Å². The number of aryl methyl sites for hydroxylation is 1. The lowest BCUT2D eigenvalue weighted by atomic mass is 10.6. The monoisotopic (exact) mass is 219 g/mol. The molecule has 0 spiro atoms. The van der Waals surface area contributed by atoms with Gasteiger partial charge in [0.05, 0.1) is 0 Å². The van der Waals surface area contributed by atoms with Crippen molar-refractivity contribution in [2.75, 3.05) is 5.75 Å². The largest absolute Gasteiger partial charge is 0.186 e. The maximum absolute atomic E-state index is 4.21. The molecule has 1 aromatic heterocycles. The molecule has 0 saturated carbocycles. The van der Waals surface area contributed by atoms with Crippen molar-refractivity contribution >= 4 is 23.3 Å². The van der Waals surface area contributed by atoms with Gasteiger partial charge in [-0.25, -0.2) is 0 Å². The van der Waals surface area contributed by atoms with Crippen molar-refractivity contribution in [1.29, 1.82) is 0 Å². The van der Waals surface area contributed by atoms with E-state index in [2.05, 4.69) is 24.3 Å². The minimum Gasteiger partial charge on any atom is -0.186 e. The third-order valence-corrected chi connectivity index (χ3v) is 2.50. The molecule has 0 radical (unpaired) electrons. The first-order chi connectivity index (χ1) is 6.33. The smallest absolute Gasteiger partial charge is 0.110 e. The van der Waals surface area contributed by atoms with Gasteiger partial charge >= 0.3 is 0 Å². The van der Waals surface area contributed by atoms with Gasteiger partial charge in [-0.15, -0.1) is 11.8 Å². The first-order valence-corrected chi connectivity index (χ1v) is 6.65. The van der Waals surface area contributed by atoms with Gasteiger partial charge in [-0.2, -0.15) is 4.37 Å². The van der Waals surface area contributed by atoms with Crippen molar-refractivity contribution in [3.8, 4) is 0 Å². The molecule has 13 heavy (non-hydrogen) atoms. The van der Waals surface area contributed by atoms with Gasteiger partial charge in [0.2, 0.25) is 0 Å². The van der Waals surface area contributed by atoms with Crippen LogP contribution in [0.2, 0.25) is 0 Å². The second kappa shape index (κ2) is 12.0. The quantitative estimate of drug-likeness (QED) is 0.673. The van der Waals surface area contributed by atoms with Crippen molar-refractivity contribution in [3.63, 3.8) is 0 Å². The second-order valence-corrected chi connectivity index (χ2v) is 4.00. The fourth-order valence-electron chi connectivity index (χ4n) is 0.559. The lowest BCUT2D eigenvalue weighted by Crippen LogP contribution is -1.67.